The van der Waals surface area contributed by atoms with Crippen LogP contribution in [0.1, 0.15) is 12.6 Å². The van der Waals surface area contributed by atoms with Crippen molar-refractivity contribution < 1.29 is 9.53 Å². The van der Waals surface area contributed by atoms with Crippen LogP contribution < -0.4 is 5.32 Å². The molecule has 1 atom stereocenters. The molecule has 0 saturated heterocycles. The average Bonchev–Trinajstić information content (AvgIpc) is 2.36. The third-order valence-electron chi connectivity index (χ3n) is 2.27. The number of nitrogens with zero attached hydrogens (tertiary/aromatic N) is 2. The summed E-state index contributed by atoms with van der Waals surface area (Å²) >= 11 is 0. The van der Waals surface area contributed by atoms with Crippen LogP contribution in [0.15, 0.2) is 31.2 Å². The second-order valence-corrected chi connectivity index (χ2v) is 3.38. The molecule has 1 N–H and O–H groups in total. The summed E-state index contributed by atoms with van der Waals surface area (Å²) in [6.07, 6.45) is 6.28. The van der Waals surface area contributed by atoms with Crippen molar-refractivity contribution in [3.8, 4) is 0 Å². The topological polar surface area (TPSA) is 64.1 Å². The van der Waals surface area contributed by atoms with Crippen LogP contribution in [-0.2, 0) is 15.1 Å². The van der Waals surface area contributed by atoms with Crippen LogP contribution in [-0.4, -0.2) is 29.6 Å². The van der Waals surface area contributed by atoms with Gasteiger partial charge in [-0.3, -0.25) is 15.3 Å². The highest BCUT2D eigenvalue weighted by molar-refractivity contribution is 5.81. The lowest BCUT2D eigenvalue weighted by atomic mass is 9.98. The van der Waals surface area contributed by atoms with E-state index < -0.39 is 11.5 Å². The third kappa shape index (κ3) is 2.43. The van der Waals surface area contributed by atoms with E-state index in [1.165, 1.54) is 19.5 Å². The number of methoxy groups -OCH3 is 1. The first-order chi connectivity index (χ1) is 7.65. The second-order valence-electron chi connectivity index (χ2n) is 3.38. The molecule has 1 aromatic rings. The van der Waals surface area contributed by atoms with Crippen LogP contribution in [0.5, 0.6) is 0 Å². The first-order valence-corrected chi connectivity index (χ1v) is 4.86. The van der Waals surface area contributed by atoms with Crippen LogP contribution in [0.4, 0.5) is 0 Å². The highest BCUT2D eigenvalue weighted by atomic mass is 16.5. The fraction of sp³-hybridized carbons (Fsp3) is 0.364. The maximum Gasteiger partial charge on any atom is 0.332 e. The van der Waals surface area contributed by atoms with Gasteiger partial charge in [-0.15, -0.1) is 6.58 Å². The molecule has 0 bridgehead atoms. The summed E-state index contributed by atoms with van der Waals surface area (Å²) in [5, 5.41) is 3.02. The van der Waals surface area contributed by atoms with Gasteiger partial charge in [-0.25, -0.2) is 4.79 Å². The minimum Gasteiger partial charge on any atom is -0.467 e. The molecule has 0 radical (unpaired) electrons. The molecule has 1 rings (SSSR count). The van der Waals surface area contributed by atoms with E-state index in [4.69, 9.17) is 4.74 Å². The molecule has 0 saturated carbocycles. The van der Waals surface area contributed by atoms with E-state index in [1.54, 1.807) is 19.2 Å². The van der Waals surface area contributed by atoms with E-state index in [0.717, 1.165) is 0 Å². The molecule has 0 fully saturated rings. The lowest BCUT2D eigenvalue weighted by molar-refractivity contribution is -0.148. The Labute approximate surface area is 94.6 Å². The van der Waals surface area contributed by atoms with Crippen molar-refractivity contribution in [3.63, 3.8) is 0 Å². The Balaban J connectivity index is 3.04. The van der Waals surface area contributed by atoms with Gasteiger partial charge in [0.15, 0.2) is 5.54 Å². The smallest absolute Gasteiger partial charge is 0.332 e. The van der Waals surface area contributed by atoms with E-state index in [1.807, 2.05) is 0 Å². The molecule has 86 valence electrons. The van der Waals surface area contributed by atoms with Crippen LogP contribution >= 0.6 is 0 Å². The molecule has 5 heteroatoms. The second kappa shape index (κ2) is 5.37. The van der Waals surface area contributed by atoms with Gasteiger partial charge >= 0.3 is 5.97 Å². The largest absolute Gasteiger partial charge is 0.467 e. The Morgan fingerprint density at radius 2 is 2.44 bits per heavy atom. The molecule has 0 aliphatic rings. The zero-order valence-corrected chi connectivity index (χ0v) is 9.43. The zero-order chi connectivity index (χ0) is 12.0. The first kappa shape index (κ1) is 12.3. The van der Waals surface area contributed by atoms with E-state index in [9.17, 15) is 4.79 Å². The fourth-order valence-electron chi connectivity index (χ4n) is 1.31. The van der Waals surface area contributed by atoms with Gasteiger partial charge in [0.2, 0.25) is 0 Å². The number of rotatable bonds is 5. The number of hydrogen-bond acceptors (Lipinski definition) is 5. The maximum absolute atomic E-state index is 11.8. The third-order valence-corrected chi connectivity index (χ3v) is 2.27. The van der Waals surface area contributed by atoms with Gasteiger partial charge in [-0.1, -0.05) is 6.08 Å². The summed E-state index contributed by atoms with van der Waals surface area (Å²) < 4.78 is 4.76. The van der Waals surface area contributed by atoms with E-state index >= 15 is 0 Å². The van der Waals surface area contributed by atoms with Crippen molar-refractivity contribution >= 4 is 5.97 Å². The van der Waals surface area contributed by atoms with E-state index in [2.05, 4.69) is 21.9 Å². The summed E-state index contributed by atoms with van der Waals surface area (Å²) in [6, 6.07) is 0. The van der Waals surface area contributed by atoms with Crippen molar-refractivity contribution in [2.24, 2.45) is 0 Å². The normalized spacial score (nSPS) is 13.9. The molecule has 0 amide bonds. The quantitative estimate of drug-likeness (QED) is 0.584. The van der Waals surface area contributed by atoms with Gasteiger partial charge in [0.25, 0.3) is 0 Å². The Morgan fingerprint density at radius 3 is 2.94 bits per heavy atom. The predicted octanol–water partition coefficient (Wildman–Crippen LogP) is 0.640. The highest BCUT2D eigenvalue weighted by Crippen LogP contribution is 2.18. The number of hydrogen-bond donors (Lipinski definition) is 1. The molecule has 5 nitrogen and oxygen atoms in total. The van der Waals surface area contributed by atoms with Gasteiger partial charge in [0.05, 0.1) is 19.0 Å². The van der Waals surface area contributed by atoms with Crippen molar-refractivity contribution in [1.82, 2.24) is 15.3 Å². The lowest BCUT2D eigenvalue weighted by Crippen LogP contribution is -2.48. The van der Waals surface area contributed by atoms with Gasteiger partial charge in [0.1, 0.15) is 0 Å². The summed E-state index contributed by atoms with van der Waals surface area (Å²) in [4.78, 5) is 19.8. The molecule has 1 unspecified atom stereocenters. The van der Waals surface area contributed by atoms with Crippen molar-refractivity contribution in [3.05, 3.63) is 36.9 Å². The van der Waals surface area contributed by atoms with Crippen LogP contribution in [0.2, 0.25) is 0 Å². The Bertz CT molecular complexity index is 367. The molecular formula is C11H15N3O2. The number of carbonyl (C=O) groups is 1. The van der Waals surface area contributed by atoms with Crippen molar-refractivity contribution in [1.29, 1.82) is 0 Å². The molecule has 0 spiro atoms. The summed E-state index contributed by atoms with van der Waals surface area (Å²) in [5.41, 5.74) is -0.485. The molecule has 0 aliphatic carbocycles. The molecule has 0 aliphatic heterocycles. The SMILES string of the molecule is C=CCNC(C)(C(=O)OC)c1cnccn1. The highest BCUT2D eigenvalue weighted by Gasteiger charge is 2.37. The summed E-state index contributed by atoms with van der Waals surface area (Å²) in [5.74, 6) is -0.408. The van der Waals surface area contributed by atoms with Gasteiger partial charge in [0, 0.05) is 18.9 Å². The number of esters is 1. The Morgan fingerprint density at radius 1 is 1.69 bits per heavy atom. The number of ether oxygens (including phenoxy) is 1. The van der Waals surface area contributed by atoms with Crippen molar-refractivity contribution in [2.45, 2.75) is 12.5 Å². The van der Waals surface area contributed by atoms with Crippen LogP contribution in [0.3, 0.4) is 0 Å². The minimum absolute atomic E-state index is 0.408. The number of nitrogens with one attached hydrogen (secondary N) is 1. The fourth-order valence-corrected chi connectivity index (χ4v) is 1.31. The first-order valence-electron chi connectivity index (χ1n) is 4.86. The molecule has 1 heterocycles. The Hall–Kier alpha value is -1.75. The van der Waals surface area contributed by atoms with Crippen LogP contribution in [0, 0.1) is 0 Å². The Kier molecular flexibility index (Phi) is 4.13. The average molecular weight is 221 g/mol. The monoisotopic (exact) mass is 221 g/mol. The summed E-state index contributed by atoms with van der Waals surface area (Å²) in [7, 11) is 1.34. The van der Waals surface area contributed by atoms with Gasteiger partial charge in [-0.05, 0) is 6.92 Å². The van der Waals surface area contributed by atoms with E-state index in [0.29, 0.717) is 12.2 Å². The van der Waals surface area contributed by atoms with Crippen molar-refractivity contribution in [2.75, 3.05) is 13.7 Å². The number of aromatic nitrogens is 2. The maximum atomic E-state index is 11.8. The molecule has 1 aromatic heterocycles. The molecule has 0 aromatic carbocycles. The predicted molar refractivity (Wildman–Crippen MR) is 59.6 cm³/mol. The summed E-state index contributed by atoms with van der Waals surface area (Å²) in [6.45, 7) is 5.77. The number of carbonyl (C=O) groups excluding carboxylic acids is 1. The van der Waals surface area contributed by atoms with Crippen LogP contribution in [0.25, 0.3) is 0 Å². The minimum atomic E-state index is -1.00. The van der Waals surface area contributed by atoms with Gasteiger partial charge in [-0.2, -0.15) is 0 Å². The van der Waals surface area contributed by atoms with Gasteiger partial charge < -0.3 is 4.74 Å². The molecule has 16 heavy (non-hydrogen) atoms. The van der Waals surface area contributed by atoms with E-state index in [-0.39, 0.29) is 0 Å². The molecular weight excluding hydrogens is 206 g/mol. The lowest BCUT2D eigenvalue weighted by Gasteiger charge is -2.26. The zero-order valence-electron chi connectivity index (χ0n) is 9.43. The standard InChI is InChI=1S/C11H15N3O2/c1-4-5-14-11(2,10(15)16-3)9-8-12-6-7-13-9/h4,6-8,14H,1,5H2,2-3H3.